The van der Waals surface area contributed by atoms with E-state index in [0.717, 1.165) is 27.8 Å². The summed E-state index contributed by atoms with van der Waals surface area (Å²) in [7, 11) is 0. The average Bonchev–Trinajstić information content (AvgIpc) is 3.38. The molecule has 3 aromatic rings. The number of hydrogen-bond donors (Lipinski definition) is 1. The Hall–Kier alpha value is -3.60. The van der Waals surface area contributed by atoms with E-state index in [4.69, 9.17) is 4.74 Å². The van der Waals surface area contributed by atoms with Gasteiger partial charge in [0.05, 0.1) is 0 Å². The van der Waals surface area contributed by atoms with Gasteiger partial charge in [-0.2, -0.15) is 0 Å². The standard InChI is InChI=1S/C26H23NO4/c28-25(29)24-18(17-8-2-1-3-9-17)14-15-27(24)26(30)31-16-23-21-12-6-4-10-19(21)20-11-5-7-13-22(20)23/h1-13,18,23-24H,14-16H2,(H,28,29)/t18-,24-/m1/s1. The van der Waals surface area contributed by atoms with Gasteiger partial charge in [0.1, 0.15) is 12.6 Å². The highest BCUT2D eigenvalue weighted by Crippen LogP contribution is 2.44. The van der Waals surface area contributed by atoms with Crippen LogP contribution >= 0.6 is 0 Å². The number of fused-ring (bicyclic) bond motifs is 3. The molecular weight excluding hydrogens is 390 g/mol. The van der Waals surface area contributed by atoms with Crippen molar-refractivity contribution in [3.63, 3.8) is 0 Å². The molecule has 1 saturated heterocycles. The molecule has 1 heterocycles. The number of benzene rings is 3. The fourth-order valence-electron chi connectivity index (χ4n) is 5.03. The molecular formula is C26H23NO4. The van der Waals surface area contributed by atoms with E-state index < -0.39 is 18.1 Å². The zero-order valence-electron chi connectivity index (χ0n) is 17.0. The van der Waals surface area contributed by atoms with Crippen molar-refractivity contribution in [2.75, 3.05) is 13.2 Å². The van der Waals surface area contributed by atoms with Crippen molar-refractivity contribution < 1.29 is 19.4 Å². The number of rotatable bonds is 4. The number of amides is 1. The Labute approximate surface area is 180 Å². The van der Waals surface area contributed by atoms with Crippen molar-refractivity contribution in [3.05, 3.63) is 95.6 Å². The number of carboxylic acids is 1. The van der Waals surface area contributed by atoms with E-state index in [0.29, 0.717) is 13.0 Å². The third-order valence-corrected chi connectivity index (χ3v) is 6.45. The molecule has 0 saturated carbocycles. The maximum absolute atomic E-state index is 13.0. The fraction of sp³-hybridized carbons (Fsp3) is 0.231. The lowest BCUT2D eigenvalue weighted by molar-refractivity contribution is -0.142. The molecule has 0 bridgehead atoms. The van der Waals surface area contributed by atoms with Crippen LogP contribution < -0.4 is 0 Å². The molecule has 1 aliphatic heterocycles. The third kappa shape index (κ3) is 3.36. The zero-order valence-corrected chi connectivity index (χ0v) is 17.0. The SMILES string of the molecule is O=C(O)[C@H]1[C@@H](c2ccccc2)CCN1C(=O)OCC1c2ccccc2-c2ccccc21. The van der Waals surface area contributed by atoms with Crippen LogP contribution in [-0.4, -0.2) is 41.3 Å². The van der Waals surface area contributed by atoms with E-state index in [1.807, 2.05) is 54.6 Å². The van der Waals surface area contributed by atoms with Crippen LogP contribution in [0.15, 0.2) is 78.9 Å². The minimum absolute atomic E-state index is 0.0489. The van der Waals surface area contributed by atoms with E-state index in [2.05, 4.69) is 24.3 Å². The Morgan fingerprint density at radius 1 is 0.871 bits per heavy atom. The van der Waals surface area contributed by atoms with E-state index in [-0.39, 0.29) is 18.4 Å². The topological polar surface area (TPSA) is 66.8 Å². The largest absolute Gasteiger partial charge is 0.480 e. The lowest BCUT2D eigenvalue weighted by Gasteiger charge is -2.25. The molecule has 0 spiro atoms. The smallest absolute Gasteiger partial charge is 0.410 e. The number of hydrogen-bond acceptors (Lipinski definition) is 3. The molecule has 2 aliphatic rings. The second kappa shape index (κ2) is 7.91. The van der Waals surface area contributed by atoms with Crippen LogP contribution in [0.5, 0.6) is 0 Å². The lowest BCUT2D eigenvalue weighted by atomic mass is 9.92. The van der Waals surface area contributed by atoms with Gasteiger partial charge in [-0.05, 0) is 34.2 Å². The molecule has 3 aromatic carbocycles. The highest BCUT2D eigenvalue weighted by molar-refractivity contribution is 5.82. The van der Waals surface area contributed by atoms with Gasteiger partial charge in [0.25, 0.3) is 0 Å². The van der Waals surface area contributed by atoms with Gasteiger partial charge in [0.15, 0.2) is 0 Å². The van der Waals surface area contributed by atoms with Crippen LogP contribution in [0.1, 0.15) is 34.9 Å². The first kappa shape index (κ1) is 19.4. The minimum atomic E-state index is -1.00. The summed E-state index contributed by atoms with van der Waals surface area (Å²) in [4.78, 5) is 26.4. The quantitative estimate of drug-likeness (QED) is 0.662. The molecule has 1 amide bonds. The predicted octanol–water partition coefficient (Wildman–Crippen LogP) is 4.88. The molecule has 0 radical (unpaired) electrons. The molecule has 0 unspecified atom stereocenters. The van der Waals surface area contributed by atoms with Gasteiger partial charge < -0.3 is 9.84 Å². The van der Waals surface area contributed by atoms with Crippen molar-refractivity contribution in [1.82, 2.24) is 4.90 Å². The van der Waals surface area contributed by atoms with Crippen LogP contribution in [-0.2, 0) is 9.53 Å². The Morgan fingerprint density at radius 3 is 2.06 bits per heavy atom. The van der Waals surface area contributed by atoms with Gasteiger partial charge in [-0.15, -0.1) is 0 Å². The molecule has 0 aromatic heterocycles. The first-order valence-corrected chi connectivity index (χ1v) is 10.5. The van der Waals surface area contributed by atoms with Crippen molar-refractivity contribution in [2.45, 2.75) is 24.3 Å². The molecule has 1 aliphatic carbocycles. The number of carbonyl (C=O) groups excluding carboxylic acids is 1. The summed E-state index contributed by atoms with van der Waals surface area (Å²) in [6.07, 6.45) is 0.0400. The summed E-state index contributed by atoms with van der Waals surface area (Å²) >= 11 is 0. The van der Waals surface area contributed by atoms with Crippen LogP contribution in [0.25, 0.3) is 11.1 Å². The van der Waals surface area contributed by atoms with Crippen LogP contribution in [0.3, 0.4) is 0 Å². The first-order valence-electron chi connectivity index (χ1n) is 10.5. The number of aliphatic carboxylic acids is 1. The number of carbonyl (C=O) groups is 2. The van der Waals surface area contributed by atoms with Crippen molar-refractivity contribution in [2.24, 2.45) is 0 Å². The lowest BCUT2D eigenvalue weighted by Crippen LogP contribution is -2.43. The van der Waals surface area contributed by atoms with Crippen LogP contribution in [0.2, 0.25) is 0 Å². The second-order valence-electron chi connectivity index (χ2n) is 8.09. The Morgan fingerprint density at radius 2 is 1.45 bits per heavy atom. The molecule has 31 heavy (non-hydrogen) atoms. The number of likely N-dealkylation sites (tertiary alicyclic amines) is 1. The summed E-state index contributed by atoms with van der Waals surface area (Å²) in [5, 5.41) is 9.85. The van der Waals surface area contributed by atoms with Gasteiger partial charge in [0, 0.05) is 18.4 Å². The van der Waals surface area contributed by atoms with Gasteiger partial charge >= 0.3 is 12.1 Å². The number of ether oxygens (including phenoxy) is 1. The van der Waals surface area contributed by atoms with Crippen molar-refractivity contribution in [1.29, 1.82) is 0 Å². The highest BCUT2D eigenvalue weighted by Gasteiger charge is 2.43. The normalized spacial score (nSPS) is 19.7. The van der Waals surface area contributed by atoms with E-state index in [9.17, 15) is 14.7 Å². The van der Waals surface area contributed by atoms with Crippen molar-refractivity contribution >= 4 is 12.1 Å². The van der Waals surface area contributed by atoms with Gasteiger partial charge in [-0.3, -0.25) is 4.90 Å². The molecule has 156 valence electrons. The van der Waals surface area contributed by atoms with Gasteiger partial charge in [0.2, 0.25) is 0 Å². The zero-order chi connectivity index (χ0) is 21.4. The summed E-state index contributed by atoms with van der Waals surface area (Å²) in [5.74, 6) is -1.29. The Balaban J connectivity index is 1.35. The third-order valence-electron chi connectivity index (χ3n) is 6.45. The number of nitrogens with zero attached hydrogens (tertiary/aromatic N) is 1. The Kier molecular flexibility index (Phi) is 4.94. The summed E-state index contributed by atoms with van der Waals surface area (Å²) in [5.41, 5.74) is 5.52. The second-order valence-corrected chi connectivity index (χ2v) is 8.09. The average molecular weight is 413 g/mol. The molecule has 5 nitrogen and oxygen atoms in total. The molecule has 1 N–H and O–H groups in total. The predicted molar refractivity (Wildman–Crippen MR) is 117 cm³/mol. The van der Waals surface area contributed by atoms with E-state index >= 15 is 0 Å². The number of carboxylic acid groups (broad SMARTS) is 1. The van der Waals surface area contributed by atoms with E-state index in [1.165, 1.54) is 4.90 Å². The summed E-state index contributed by atoms with van der Waals surface area (Å²) in [6.45, 7) is 0.554. The maximum Gasteiger partial charge on any atom is 0.410 e. The summed E-state index contributed by atoms with van der Waals surface area (Å²) < 4.78 is 5.71. The van der Waals surface area contributed by atoms with Gasteiger partial charge in [-0.25, -0.2) is 9.59 Å². The highest BCUT2D eigenvalue weighted by atomic mass is 16.6. The van der Waals surface area contributed by atoms with Crippen molar-refractivity contribution in [3.8, 4) is 11.1 Å². The Bertz CT molecular complexity index is 1080. The summed E-state index contributed by atoms with van der Waals surface area (Å²) in [6, 6.07) is 24.9. The van der Waals surface area contributed by atoms with E-state index in [1.54, 1.807) is 0 Å². The molecule has 2 atom stereocenters. The maximum atomic E-state index is 13.0. The monoisotopic (exact) mass is 413 g/mol. The van der Waals surface area contributed by atoms with Gasteiger partial charge in [-0.1, -0.05) is 78.9 Å². The minimum Gasteiger partial charge on any atom is -0.480 e. The molecule has 5 rings (SSSR count). The van der Waals surface area contributed by atoms with Crippen LogP contribution in [0, 0.1) is 0 Å². The molecule has 1 fully saturated rings. The molecule has 5 heteroatoms. The fourth-order valence-corrected chi connectivity index (χ4v) is 5.03. The first-order chi connectivity index (χ1) is 15.1. The van der Waals surface area contributed by atoms with Crippen LogP contribution in [0.4, 0.5) is 4.79 Å².